The first-order valence-corrected chi connectivity index (χ1v) is 10.0. The third-order valence-corrected chi connectivity index (χ3v) is 5.20. The van der Waals surface area contributed by atoms with Crippen molar-refractivity contribution < 1.29 is 18.3 Å². The minimum Gasteiger partial charge on any atom is -0.492 e. The molecule has 0 unspecified atom stereocenters. The van der Waals surface area contributed by atoms with Gasteiger partial charge in [0.15, 0.2) is 17.4 Å². The van der Waals surface area contributed by atoms with E-state index in [0.717, 1.165) is 25.7 Å². The molecule has 154 valence electrons. The number of rotatable bonds is 9. The molecule has 6 heteroatoms. The Kier molecular flexibility index (Phi) is 7.09. The molecule has 0 amide bonds. The number of aryl methyl sites for hydroxylation is 1. The topological polar surface area (TPSA) is 41.9 Å². The van der Waals surface area contributed by atoms with Crippen molar-refractivity contribution in [3.63, 3.8) is 0 Å². The molecule has 0 aliphatic carbocycles. The van der Waals surface area contributed by atoms with Crippen molar-refractivity contribution in [2.24, 2.45) is 4.99 Å². The summed E-state index contributed by atoms with van der Waals surface area (Å²) in [5.41, 5.74) is 2.11. The smallest absolute Gasteiger partial charge is 0.170 e. The minimum atomic E-state index is -0.860. The summed E-state index contributed by atoms with van der Waals surface area (Å²) in [4.78, 5) is 19.3. The Morgan fingerprint density at radius 1 is 1.10 bits per heavy atom. The number of hydrogen-bond donors (Lipinski definition) is 0. The molecular weight excluding hydrogens is 374 g/mol. The van der Waals surface area contributed by atoms with Crippen LogP contribution in [0.25, 0.3) is 0 Å². The van der Waals surface area contributed by atoms with Crippen molar-refractivity contribution in [3.8, 4) is 5.75 Å². The second-order valence-corrected chi connectivity index (χ2v) is 7.05. The molecule has 0 atom stereocenters. The molecule has 1 aliphatic heterocycles. The lowest BCUT2D eigenvalue weighted by Gasteiger charge is -2.19. The quantitative estimate of drug-likeness (QED) is 0.596. The fourth-order valence-corrected chi connectivity index (χ4v) is 3.42. The van der Waals surface area contributed by atoms with Gasteiger partial charge in [-0.05, 0) is 49.7 Å². The second-order valence-electron chi connectivity index (χ2n) is 7.05. The van der Waals surface area contributed by atoms with E-state index in [9.17, 15) is 13.6 Å². The fourth-order valence-electron chi connectivity index (χ4n) is 3.42. The standard InChI is InChI=1S/C23H26F2N2O2/c1-3-27(4-2)12-13-29-18-10-11-19-21(15-18)26-17(14-22(19)28)9-8-16-6-5-7-20(24)23(16)25/h5-7,10-11,15H,3-4,8-9,12-14H2,1-2H3. The third-order valence-electron chi connectivity index (χ3n) is 5.20. The molecule has 2 aromatic rings. The van der Waals surface area contributed by atoms with E-state index in [1.807, 2.05) is 0 Å². The molecule has 0 aromatic heterocycles. The Morgan fingerprint density at radius 2 is 1.90 bits per heavy atom. The van der Waals surface area contributed by atoms with Crippen LogP contribution in [0.4, 0.5) is 14.5 Å². The van der Waals surface area contributed by atoms with E-state index in [2.05, 4.69) is 23.7 Å². The van der Waals surface area contributed by atoms with Gasteiger partial charge in [-0.25, -0.2) is 8.78 Å². The first kappa shape index (κ1) is 21.1. The van der Waals surface area contributed by atoms with Crippen LogP contribution in [0.5, 0.6) is 5.75 Å². The molecule has 0 N–H and O–H groups in total. The highest BCUT2D eigenvalue weighted by molar-refractivity contribution is 6.15. The first-order valence-electron chi connectivity index (χ1n) is 10.0. The summed E-state index contributed by atoms with van der Waals surface area (Å²) >= 11 is 0. The highest BCUT2D eigenvalue weighted by Crippen LogP contribution is 2.31. The van der Waals surface area contributed by atoms with E-state index < -0.39 is 11.6 Å². The van der Waals surface area contributed by atoms with E-state index in [4.69, 9.17) is 4.74 Å². The molecule has 0 spiro atoms. The molecular formula is C23H26F2N2O2. The van der Waals surface area contributed by atoms with E-state index in [0.29, 0.717) is 47.7 Å². The van der Waals surface area contributed by atoms with Gasteiger partial charge in [0.1, 0.15) is 12.4 Å². The van der Waals surface area contributed by atoms with E-state index in [-0.39, 0.29) is 12.2 Å². The average molecular weight is 400 g/mol. The number of Topliss-reactive ketones (excluding diaryl/α,β-unsaturated/α-hetero) is 1. The van der Waals surface area contributed by atoms with Gasteiger partial charge in [0, 0.05) is 30.3 Å². The predicted molar refractivity (Wildman–Crippen MR) is 110 cm³/mol. The zero-order valence-corrected chi connectivity index (χ0v) is 16.9. The molecule has 0 saturated heterocycles. The van der Waals surface area contributed by atoms with Crippen molar-refractivity contribution in [2.75, 3.05) is 26.2 Å². The van der Waals surface area contributed by atoms with Gasteiger partial charge in [-0.1, -0.05) is 26.0 Å². The lowest BCUT2D eigenvalue weighted by atomic mass is 9.96. The summed E-state index contributed by atoms with van der Waals surface area (Å²) in [6.45, 7) is 7.55. The summed E-state index contributed by atoms with van der Waals surface area (Å²) in [5, 5.41) is 0. The number of carbonyl (C=O) groups is 1. The van der Waals surface area contributed by atoms with Crippen LogP contribution in [0.15, 0.2) is 41.4 Å². The summed E-state index contributed by atoms with van der Waals surface area (Å²) in [6, 6.07) is 9.45. The maximum Gasteiger partial charge on any atom is 0.170 e. The van der Waals surface area contributed by atoms with E-state index in [1.165, 1.54) is 6.07 Å². The maximum atomic E-state index is 13.8. The molecule has 0 saturated carbocycles. The normalized spacial score (nSPS) is 13.4. The Hall–Kier alpha value is -2.60. The lowest BCUT2D eigenvalue weighted by molar-refractivity contribution is 0.0999. The van der Waals surface area contributed by atoms with Crippen molar-refractivity contribution in [3.05, 3.63) is 59.2 Å². The number of nitrogens with zero attached hydrogens (tertiary/aromatic N) is 2. The van der Waals surface area contributed by atoms with Crippen LogP contribution in [0.1, 0.15) is 42.6 Å². The predicted octanol–water partition coefficient (Wildman–Crippen LogP) is 4.98. The fraction of sp³-hybridized carbons (Fsp3) is 0.391. The SMILES string of the molecule is CCN(CC)CCOc1ccc2c(c1)N=C(CCc1cccc(F)c1F)CC2=O. The van der Waals surface area contributed by atoms with Gasteiger partial charge in [-0.2, -0.15) is 0 Å². The van der Waals surface area contributed by atoms with Crippen LogP contribution in [-0.4, -0.2) is 42.6 Å². The van der Waals surface area contributed by atoms with Gasteiger partial charge in [-0.3, -0.25) is 9.79 Å². The van der Waals surface area contributed by atoms with Crippen molar-refractivity contribution >= 4 is 17.2 Å². The molecule has 1 heterocycles. The molecule has 3 rings (SSSR count). The number of aliphatic imine (C=N–C) groups is 1. The maximum absolute atomic E-state index is 13.8. The molecule has 29 heavy (non-hydrogen) atoms. The van der Waals surface area contributed by atoms with Crippen molar-refractivity contribution in [1.82, 2.24) is 4.90 Å². The van der Waals surface area contributed by atoms with Crippen LogP contribution in [0, 0.1) is 11.6 Å². The van der Waals surface area contributed by atoms with Gasteiger partial charge in [0.25, 0.3) is 0 Å². The van der Waals surface area contributed by atoms with Crippen molar-refractivity contribution in [2.45, 2.75) is 33.1 Å². The zero-order chi connectivity index (χ0) is 20.8. The van der Waals surface area contributed by atoms with Gasteiger partial charge in [-0.15, -0.1) is 0 Å². The number of halogens is 2. The van der Waals surface area contributed by atoms with Gasteiger partial charge in [0.2, 0.25) is 0 Å². The summed E-state index contributed by atoms with van der Waals surface area (Å²) in [5.74, 6) is -1.04. The van der Waals surface area contributed by atoms with Gasteiger partial charge in [0.05, 0.1) is 5.69 Å². The molecule has 4 nitrogen and oxygen atoms in total. The number of ketones is 1. The van der Waals surface area contributed by atoms with E-state index >= 15 is 0 Å². The Balaban J connectivity index is 1.68. The first-order chi connectivity index (χ1) is 14.0. The molecule has 1 aliphatic rings. The van der Waals surface area contributed by atoms with Crippen LogP contribution in [-0.2, 0) is 6.42 Å². The number of benzene rings is 2. The van der Waals surface area contributed by atoms with Crippen LogP contribution in [0.2, 0.25) is 0 Å². The van der Waals surface area contributed by atoms with Gasteiger partial charge >= 0.3 is 0 Å². The summed E-state index contributed by atoms with van der Waals surface area (Å²) in [6.07, 6.45) is 0.899. The lowest BCUT2D eigenvalue weighted by Crippen LogP contribution is -2.27. The zero-order valence-electron chi connectivity index (χ0n) is 16.9. The van der Waals surface area contributed by atoms with Crippen LogP contribution in [0.3, 0.4) is 0 Å². The Labute approximate surface area is 170 Å². The van der Waals surface area contributed by atoms with Crippen LogP contribution >= 0.6 is 0 Å². The number of ether oxygens (including phenoxy) is 1. The third kappa shape index (κ3) is 5.26. The van der Waals surface area contributed by atoms with Crippen molar-refractivity contribution in [1.29, 1.82) is 0 Å². The monoisotopic (exact) mass is 400 g/mol. The summed E-state index contributed by atoms with van der Waals surface area (Å²) < 4.78 is 33.0. The highest BCUT2D eigenvalue weighted by atomic mass is 19.2. The van der Waals surface area contributed by atoms with E-state index in [1.54, 1.807) is 24.3 Å². The largest absolute Gasteiger partial charge is 0.492 e. The molecule has 0 fully saturated rings. The van der Waals surface area contributed by atoms with Crippen LogP contribution < -0.4 is 4.74 Å². The number of fused-ring (bicyclic) bond motifs is 1. The molecule has 2 aromatic carbocycles. The molecule has 0 bridgehead atoms. The average Bonchev–Trinajstić information content (AvgIpc) is 2.72. The second kappa shape index (κ2) is 9.74. The minimum absolute atomic E-state index is 0.0144. The van der Waals surface area contributed by atoms with Gasteiger partial charge < -0.3 is 9.64 Å². The summed E-state index contributed by atoms with van der Waals surface area (Å²) in [7, 11) is 0. The number of likely N-dealkylation sites (N-methyl/N-ethyl adjacent to an activating group) is 1. The highest BCUT2D eigenvalue weighted by Gasteiger charge is 2.21. The Bertz CT molecular complexity index is 908. The molecule has 0 radical (unpaired) electrons. The number of carbonyl (C=O) groups excluding carboxylic acids is 1. The Morgan fingerprint density at radius 3 is 2.66 bits per heavy atom. The number of hydrogen-bond acceptors (Lipinski definition) is 4.